The van der Waals surface area contributed by atoms with Crippen LogP contribution in [0.1, 0.15) is 29.2 Å². The molecule has 0 amide bonds. The van der Waals surface area contributed by atoms with Gasteiger partial charge in [-0.3, -0.25) is 4.90 Å². The topological polar surface area (TPSA) is 80.5 Å². The fraction of sp³-hybridized carbons (Fsp3) is 0.316. The molecule has 0 atom stereocenters. The molecule has 7 heteroatoms. The number of ether oxygens (including phenoxy) is 1. The molecule has 0 aliphatic carbocycles. The summed E-state index contributed by atoms with van der Waals surface area (Å²) >= 11 is 0. The Morgan fingerprint density at radius 3 is 2.85 bits per heavy atom. The highest BCUT2D eigenvalue weighted by Gasteiger charge is 2.17. The minimum atomic E-state index is -0.968. The van der Waals surface area contributed by atoms with Gasteiger partial charge in [0, 0.05) is 24.7 Å². The molecule has 7 nitrogen and oxygen atoms in total. The Labute approximate surface area is 150 Å². The van der Waals surface area contributed by atoms with Crippen molar-refractivity contribution >= 4 is 16.9 Å². The number of nitrogens with zero attached hydrogens (tertiary/aromatic N) is 4. The first-order valence-electron chi connectivity index (χ1n) is 8.66. The molecule has 0 bridgehead atoms. The summed E-state index contributed by atoms with van der Waals surface area (Å²) < 4.78 is 7.61. The summed E-state index contributed by atoms with van der Waals surface area (Å²) in [6, 6.07) is 8.88. The normalized spacial score (nSPS) is 14.8. The van der Waals surface area contributed by atoms with Crippen molar-refractivity contribution in [1.82, 2.24) is 19.4 Å². The number of fused-ring (bicyclic) bond motifs is 1. The van der Waals surface area contributed by atoms with E-state index in [0.717, 1.165) is 29.8 Å². The van der Waals surface area contributed by atoms with Crippen LogP contribution in [0.4, 0.5) is 0 Å². The van der Waals surface area contributed by atoms with Crippen LogP contribution in [0, 0.1) is 0 Å². The molecule has 134 valence electrons. The number of hydrogen-bond donors (Lipinski definition) is 1. The maximum absolute atomic E-state index is 11.4. The third-order valence-corrected chi connectivity index (χ3v) is 4.70. The third-order valence-electron chi connectivity index (χ3n) is 4.70. The van der Waals surface area contributed by atoms with Crippen LogP contribution in [-0.2, 0) is 13.6 Å². The van der Waals surface area contributed by atoms with E-state index in [0.29, 0.717) is 18.2 Å². The average Bonchev–Trinajstić information content (AvgIpc) is 3.24. The maximum atomic E-state index is 11.4. The van der Waals surface area contributed by atoms with Gasteiger partial charge in [-0.15, -0.1) is 0 Å². The van der Waals surface area contributed by atoms with Crippen molar-refractivity contribution < 1.29 is 14.6 Å². The molecule has 3 heterocycles. The van der Waals surface area contributed by atoms with Crippen molar-refractivity contribution in [1.29, 1.82) is 0 Å². The molecular weight excluding hydrogens is 332 g/mol. The Balaban J connectivity index is 1.64. The molecule has 26 heavy (non-hydrogen) atoms. The van der Waals surface area contributed by atoms with Crippen LogP contribution in [-0.4, -0.2) is 43.6 Å². The van der Waals surface area contributed by atoms with Crippen molar-refractivity contribution in [3.63, 3.8) is 0 Å². The Morgan fingerprint density at radius 1 is 1.27 bits per heavy atom. The van der Waals surface area contributed by atoms with Gasteiger partial charge < -0.3 is 14.4 Å². The van der Waals surface area contributed by atoms with E-state index in [-0.39, 0.29) is 5.69 Å². The van der Waals surface area contributed by atoms with Gasteiger partial charge >= 0.3 is 5.97 Å². The van der Waals surface area contributed by atoms with E-state index in [1.807, 2.05) is 18.2 Å². The number of carboxylic acids is 1. The van der Waals surface area contributed by atoms with Gasteiger partial charge in [0.25, 0.3) is 0 Å². The van der Waals surface area contributed by atoms with E-state index in [4.69, 9.17) is 4.74 Å². The van der Waals surface area contributed by atoms with E-state index in [9.17, 15) is 9.90 Å². The molecule has 1 aliphatic rings. The van der Waals surface area contributed by atoms with Crippen LogP contribution in [0.25, 0.3) is 10.9 Å². The SMILES string of the molecule is Cn1c(C(=O)O)cc2cccc(Oc3ccnc(CN4CCCC4)n3)c21. The summed E-state index contributed by atoms with van der Waals surface area (Å²) in [6.45, 7) is 2.87. The van der Waals surface area contributed by atoms with Crippen LogP contribution in [0.3, 0.4) is 0 Å². The monoisotopic (exact) mass is 352 g/mol. The van der Waals surface area contributed by atoms with Gasteiger partial charge in [-0.2, -0.15) is 4.98 Å². The van der Waals surface area contributed by atoms with E-state index in [1.54, 1.807) is 29.9 Å². The van der Waals surface area contributed by atoms with Gasteiger partial charge in [0.05, 0.1) is 12.1 Å². The molecule has 1 aliphatic heterocycles. The molecule has 0 radical (unpaired) electrons. The highest BCUT2D eigenvalue weighted by molar-refractivity contribution is 5.96. The number of benzene rings is 1. The van der Waals surface area contributed by atoms with Crippen molar-refractivity contribution in [2.45, 2.75) is 19.4 Å². The number of aromatic carboxylic acids is 1. The predicted octanol–water partition coefficient (Wildman–Crippen LogP) is 3.05. The van der Waals surface area contributed by atoms with Crippen LogP contribution in [0.2, 0.25) is 0 Å². The second kappa shape index (κ2) is 6.76. The number of carboxylic acid groups (broad SMARTS) is 1. The minimum absolute atomic E-state index is 0.216. The van der Waals surface area contributed by atoms with Gasteiger partial charge in [-0.05, 0) is 38.1 Å². The molecular formula is C19H20N4O3. The fourth-order valence-corrected chi connectivity index (χ4v) is 3.43. The van der Waals surface area contributed by atoms with Crippen LogP contribution >= 0.6 is 0 Å². The van der Waals surface area contributed by atoms with E-state index in [1.165, 1.54) is 12.8 Å². The van der Waals surface area contributed by atoms with Gasteiger partial charge in [0.15, 0.2) is 5.75 Å². The number of para-hydroxylation sites is 1. The van der Waals surface area contributed by atoms with Crippen LogP contribution < -0.4 is 4.74 Å². The van der Waals surface area contributed by atoms with Crippen molar-refractivity contribution in [3.8, 4) is 11.6 Å². The van der Waals surface area contributed by atoms with Gasteiger partial charge in [0.1, 0.15) is 11.5 Å². The molecule has 1 N–H and O–H groups in total. The van der Waals surface area contributed by atoms with Crippen molar-refractivity contribution in [2.24, 2.45) is 7.05 Å². The predicted molar refractivity (Wildman–Crippen MR) is 96.5 cm³/mol. The Bertz CT molecular complexity index is 961. The molecule has 4 rings (SSSR count). The van der Waals surface area contributed by atoms with E-state index in [2.05, 4.69) is 14.9 Å². The fourth-order valence-electron chi connectivity index (χ4n) is 3.43. The summed E-state index contributed by atoms with van der Waals surface area (Å²) in [4.78, 5) is 22.6. The molecule has 0 saturated carbocycles. The molecule has 0 spiro atoms. The van der Waals surface area contributed by atoms with Crippen LogP contribution in [0.5, 0.6) is 11.6 Å². The lowest BCUT2D eigenvalue weighted by Gasteiger charge is -2.14. The smallest absolute Gasteiger partial charge is 0.352 e. The zero-order chi connectivity index (χ0) is 18.1. The first kappa shape index (κ1) is 16.5. The number of aryl methyl sites for hydroxylation is 1. The largest absolute Gasteiger partial charge is 0.477 e. The first-order valence-corrected chi connectivity index (χ1v) is 8.66. The average molecular weight is 352 g/mol. The first-order chi connectivity index (χ1) is 12.6. The summed E-state index contributed by atoms with van der Waals surface area (Å²) in [5.41, 5.74) is 0.943. The number of rotatable bonds is 5. The van der Waals surface area contributed by atoms with Gasteiger partial charge in [-0.25, -0.2) is 9.78 Å². The quantitative estimate of drug-likeness (QED) is 0.760. The zero-order valence-corrected chi connectivity index (χ0v) is 14.6. The van der Waals surface area contributed by atoms with Crippen LogP contribution in [0.15, 0.2) is 36.5 Å². The Morgan fingerprint density at radius 2 is 2.08 bits per heavy atom. The second-order valence-corrected chi connectivity index (χ2v) is 6.48. The lowest BCUT2D eigenvalue weighted by atomic mass is 10.2. The van der Waals surface area contributed by atoms with Crippen molar-refractivity contribution in [2.75, 3.05) is 13.1 Å². The minimum Gasteiger partial charge on any atom is -0.477 e. The maximum Gasteiger partial charge on any atom is 0.352 e. The number of hydrogen-bond acceptors (Lipinski definition) is 5. The molecule has 1 saturated heterocycles. The van der Waals surface area contributed by atoms with E-state index >= 15 is 0 Å². The van der Waals surface area contributed by atoms with Crippen molar-refractivity contribution in [3.05, 3.63) is 48.0 Å². The lowest BCUT2D eigenvalue weighted by Crippen LogP contribution is -2.20. The molecule has 2 aromatic heterocycles. The number of carbonyl (C=O) groups is 1. The number of likely N-dealkylation sites (tertiary alicyclic amines) is 1. The molecule has 1 fully saturated rings. The van der Waals surface area contributed by atoms with Gasteiger partial charge in [-0.1, -0.05) is 12.1 Å². The standard InChI is InChI=1S/C19H20N4O3/c1-22-14(19(24)25)11-13-5-4-6-15(18(13)22)26-17-7-8-20-16(21-17)12-23-9-2-3-10-23/h4-8,11H,2-3,9-10,12H2,1H3,(H,24,25). The van der Waals surface area contributed by atoms with E-state index < -0.39 is 5.97 Å². The summed E-state index contributed by atoms with van der Waals surface area (Å²) in [7, 11) is 1.72. The zero-order valence-electron chi connectivity index (χ0n) is 14.6. The summed E-state index contributed by atoms with van der Waals surface area (Å²) in [5.74, 6) is 0.794. The Kier molecular flexibility index (Phi) is 4.30. The highest BCUT2D eigenvalue weighted by atomic mass is 16.5. The van der Waals surface area contributed by atoms with Gasteiger partial charge in [0.2, 0.25) is 5.88 Å². The Hall–Kier alpha value is -2.93. The molecule has 1 aromatic carbocycles. The summed E-state index contributed by atoms with van der Waals surface area (Å²) in [6.07, 6.45) is 4.14. The summed E-state index contributed by atoms with van der Waals surface area (Å²) in [5, 5.41) is 10.1. The molecule has 3 aromatic rings. The third kappa shape index (κ3) is 3.13. The lowest BCUT2D eigenvalue weighted by molar-refractivity contribution is 0.0687. The highest BCUT2D eigenvalue weighted by Crippen LogP contribution is 2.31. The second-order valence-electron chi connectivity index (χ2n) is 6.48. The molecule has 0 unspecified atom stereocenters. The number of aromatic nitrogens is 3.